The molecule has 114 valence electrons. The Kier molecular flexibility index (Phi) is 5.99. The number of hydrogen-bond donors (Lipinski definition) is 1. The Morgan fingerprint density at radius 1 is 0.818 bits per heavy atom. The number of amides is 1. The minimum atomic E-state index is -0.155. The van der Waals surface area contributed by atoms with Crippen LogP contribution in [0.5, 0.6) is 0 Å². The Bertz CT molecular complexity index is 651. The van der Waals surface area contributed by atoms with Crippen molar-refractivity contribution in [1.29, 1.82) is 0 Å². The molecule has 2 aromatic carbocycles. The molecule has 0 fully saturated rings. The minimum Gasteiger partial charge on any atom is -0.352 e. The fraction of sp³-hybridized carbons (Fsp3) is 0.176. The molecule has 5 heteroatoms. The van der Waals surface area contributed by atoms with E-state index in [-0.39, 0.29) is 24.5 Å². The lowest BCUT2D eigenvalue weighted by molar-refractivity contribution is -0.121. The average molecular weight is 336 g/mol. The van der Waals surface area contributed by atoms with Gasteiger partial charge in [0, 0.05) is 35.0 Å². The van der Waals surface area contributed by atoms with E-state index in [1.807, 2.05) is 12.1 Å². The van der Waals surface area contributed by atoms with E-state index in [1.54, 1.807) is 36.4 Å². The first-order chi connectivity index (χ1) is 10.5. The average Bonchev–Trinajstić information content (AvgIpc) is 2.52. The Balaban J connectivity index is 1.76. The summed E-state index contributed by atoms with van der Waals surface area (Å²) in [7, 11) is 0. The van der Waals surface area contributed by atoms with Crippen LogP contribution in [0.1, 0.15) is 28.8 Å². The molecule has 1 amide bonds. The standard InChI is InChI=1S/C17H15Cl2NO2/c18-14-5-1-12(2-6-14)11-20-17(22)10-9-16(21)13-3-7-15(19)8-4-13/h1-8H,9-11H2,(H,20,22). The Hall–Kier alpha value is -1.84. The minimum absolute atomic E-state index is 0.0710. The second kappa shape index (κ2) is 7.97. The molecule has 0 heterocycles. The highest BCUT2D eigenvalue weighted by molar-refractivity contribution is 6.30. The molecule has 0 saturated carbocycles. The highest BCUT2D eigenvalue weighted by Gasteiger charge is 2.09. The lowest BCUT2D eigenvalue weighted by atomic mass is 10.1. The summed E-state index contributed by atoms with van der Waals surface area (Å²) < 4.78 is 0. The fourth-order valence-electron chi connectivity index (χ4n) is 1.90. The SMILES string of the molecule is O=C(CCC(=O)c1ccc(Cl)cc1)NCc1ccc(Cl)cc1. The number of rotatable bonds is 6. The predicted molar refractivity (Wildman–Crippen MR) is 88.3 cm³/mol. The number of halogens is 2. The maximum absolute atomic E-state index is 11.9. The van der Waals surface area contributed by atoms with E-state index in [0.717, 1.165) is 5.56 Å². The molecule has 0 saturated heterocycles. The van der Waals surface area contributed by atoms with Gasteiger partial charge in [-0.2, -0.15) is 0 Å². The third kappa shape index (κ3) is 5.17. The summed E-state index contributed by atoms with van der Waals surface area (Å²) in [6.07, 6.45) is 0.336. The number of carbonyl (C=O) groups excluding carboxylic acids is 2. The van der Waals surface area contributed by atoms with Crippen molar-refractivity contribution >= 4 is 34.9 Å². The van der Waals surface area contributed by atoms with Crippen LogP contribution >= 0.6 is 23.2 Å². The number of ketones is 1. The van der Waals surface area contributed by atoms with E-state index in [1.165, 1.54) is 0 Å². The molecule has 1 N–H and O–H groups in total. The van der Waals surface area contributed by atoms with Crippen molar-refractivity contribution in [2.75, 3.05) is 0 Å². The van der Waals surface area contributed by atoms with Crippen molar-refractivity contribution in [3.05, 3.63) is 69.7 Å². The lowest BCUT2D eigenvalue weighted by Crippen LogP contribution is -2.23. The number of hydrogen-bond acceptors (Lipinski definition) is 2. The molecule has 2 aromatic rings. The third-order valence-electron chi connectivity index (χ3n) is 3.15. The second-order valence-corrected chi connectivity index (χ2v) is 5.71. The van der Waals surface area contributed by atoms with Crippen LogP contribution in [0.25, 0.3) is 0 Å². The van der Waals surface area contributed by atoms with Gasteiger partial charge in [-0.15, -0.1) is 0 Å². The quantitative estimate of drug-likeness (QED) is 0.801. The number of Topliss-reactive ketones (excluding diaryl/α,β-unsaturated/α-hetero) is 1. The van der Waals surface area contributed by atoms with Crippen LogP contribution < -0.4 is 5.32 Å². The van der Waals surface area contributed by atoms with Gasteiger partial charge >= 0.3 is 0 Å². The van der Waals surface area contributed by atoms with E-state index < -0.39 is 0 Å². The van der Waals surface area contributed by atoms with E-state index >= 15 is 0 Å². The smallest absolute Gasteiger partial charge is 0.220 e. The molecule has 22 heavy (non-hydrogen) atoms. The fourth-order valence-corrected chi connectivity index (χ4v) is 2.15. The second-order valence-electron chi connectivity index (χ2n) is 4.83. The van der Waals surface area contributed by atoms with Gasteiger partial charge in [-0.05, 0) is 42.0 Å². The van der Waals surface area contributed by atoms with Crippen molar-refractivity contribution in [2.45, 2.75) is 19.4 Å². The topological polar surface area (TPSA) is 46.2 Å². The molecule has 0 unspecified atom stereocenters. The highest BCUT2D eigenvalue weighted by atomic mass is 35.5. The Labute approximate surface area is 139 Å². The van der Waals surface area contributed by atoms with Gasteiger partial charge in [-0.3, -0.25) is 9.59 Å². The number of carbonyl (C=O) groups is 2. The van der Waals surface area contributed by atoms with Gasteiger partial charge in [0.15, 0.2) is 5.78 Å². The largest absolute Gasteiger partial charge is 0.352 e. The van der Waals surface area contributed by atoms with Crippen LogP contribution in [0.3, 0.4) is 0 Å². The molecule has 0 aliphatic heterocycles. The lowest BCUT2D eigenvalue weighted by Gasteiger charge is -2.05. The summed E-state index contributed by atoms with van der Waals surface area (Å²) in [6.45, 7) is 0.422. The van der Waals surface area contributed by atoms with Crippen LogP contribution in [0.15, 0.2) is 48.5 Å². The maximum Gasteiger partial charge on any atom is 0.220 e. The van der Waals surface area contributed by atoms with Gasteiger partial charge in [0.2, 0.25) is 5.91 Å². The van der Waals surface area contributed by atoms with Crippen molar-refractivity contribution < 1.29 is 9.59 Å². The number of benzene rings is 2. The van der Waals surface area contributed by atoms with Crippen molar-refractivity contribution in [1.82, 2.24) is 5.32 Å². The van der Waals surface area contributed by atoms with Crippen LogP contribution in [0, 0.1) is 0 Å². The summed E-state index contributed by atoms with van der Waals surface area (Å²) in [5, 5.41) is 4.02. The maximum atomic E-state index is 11.9. The van der Waals surface area contributed by atoms with Crippen molar-refractivity contribution in [2.24, 2.45) is 0 Å². The summed E-state index contributed by atoms with van der Waals surface area (Å²) >= 11 is 11.6. The molecule has 0 aliphatic rings. The molecule has 0 aromatic heterocycles. The van der Waals surface area contributed by atoms with Crippen LogP contribution in [-0.4, -0.2) is 11.7 Å². The highest BCUT2D eigenvalue weighted by Crippen LogP contribution is 2.12. The van der Waals surface area contributed by atoms with E-state index in [4.69, 9.17) is 23.2 Å². The molecule has 0 aliphatic carbocycles. The van der Waals surface area contributed by atoms with E-state index in [0.29, 0.717) is 22.2 Å². The van der Waals surface area contributed by atoms with Crippen molar-refractivity contribution in [3.63, 3.8) is 0 Å². The first kappa shape index (κ1) is 16.5. The molecular formula is C17H15Cl2NO2. The monoisotopic (exact) mass is 335 g/mol. The molecule has 3 nitrogen and oxygen atoms in total. The number of nitrogens with one attached hydrogen (secondary N) is 1. The zero-order chi connectivity index (χ0) is 15.9. The van der Waals surface area contributed by atoms with Gasteiger partial charge in [0.05, 0.1) is 0 Å². The van der Waals surface area contributed by atoms with Gasteiger partial charge in [0.25, 0.3) is 0 Å². The Morgan fingerprint density at radius 2 is 1.36 bits per heavy atom. The first-order valence-electron chi connectivity index (χ1n) is 6.84. The first-order valence-corrected chi connectivity index (χ1v) is 7.60. The van der Waals surface area contributed by atoms with Crippen LogP contribution in [0.2, 0.25) is 10.0 Å². The Morgan fingerprint density at radius 3 is 1.95 bits per heavy atom. The van der Waals surface area contributed by atoms with Crippen LogP contribution in [0.4, 0.5) is 0 Å². The summed E-state index contributed by atoms with van der Waals surface area (Å²) in [4.78, 5) is 23.7. The molecular weight excluding hydrogens is 321 g/mol. The van der Waals surface area contributed by atoms with E-state index in [2.05, 4.69) is 5.32 Å². The van der Waals surface area contributed by atoms with E-state index in [9.17, 15) is 9.59 Å². The zero-order valence-electron chi connectivity index (χ0n) is 11.8. The summed E-state index contributed by atoms with van der Waals surface area (Å²) in [6, 6.07) is 13.9. The van der Waals surface area contributed by atoms with Gasteiger partial charge in [-0.1, -0.05) is 35.3 Å². The zero-order valence-corrected chi connectivity index (χ0v) is 13.3. The van der Waals surface area contributed by atoms with Crippen molar-refractivity contribution in [3.8, 4) is 0 Å². The van der Waals surface area contributed by atoms with Gasteiger partial charge in [0.1, 0.15) is 0 Å². The summed E-state index contributed by atoms with van der Waals surface area (Å²) in [5.74, 6) is -0.226. The van der Waals surface area contributed by atoms with Gasteiger partial charge < -0.3 is 5.32 Å². The summed E-state index contributed by atoms with van der Waals surface area (Å²) in [5.41, 5.74) is 1.52. The normalized spacial score (nSPS) is 10.3. The molecule has 0 atom stereocenters. The third-order valence-corrected chi connectivity index (χ3v) is 3.65. The molecule has 2 rings (SSSR count). The van der Waals surface area contributed by atoms with Gasteiger partial charge in [-0.25, -0.2) is 0 Å². The molecule has 0 spiro atoms. The predicted octanol–water partition coefficient (Wildman–Crippen LogP) is 4.27. The molecule has 0 radical (unpaired) electrons. The van der Waals surface area contributed by atoms with Crippen LogP contribution in [-0.2, 0) is 11.3 Å². The molecule has 0 bridgehead atoms.